The second kappa shape index (κ2) is 6.53. The predicted molar refractivity (Wildman–Crippen MR) is 78.3 cm³/mol. The van der Waals surface area contributed by atoms with Gasteiger partial charge in [-0.25, -0.2) is 8.78 Å². The Balaban J connectivity index is 2.37. The lowest BCUT2D eigenvalue weighted by molar-refractivity contribution is 0.515. The minimum Gasteiger partial charge on any atom is -0.313 e. The maximum Gasteiger partial charge on any atom is 0.129 e. The zero-order valence-corrected chi connectivity index (χ0v) is 12.3. The number of hydrogen-bond donors (Lipinski definition) is 1. The van der Waals surface area contributed by atoms with E-state index in [4.69, 9.17) is 23.2 Å². The van der Waals surface area contributed by atoms with Crippen LogP contribution in [0.15, 0.2) is 36.4 Å². The molecule has 0 saturated heterocycles. The molecular weight excluding hydrogens is 303 g/mol. The predicted octanol–water partition coefficient (Wildman–Crippen LogP) is 4.77. The molecule has 0 fully saturated rings. The van der Waals surface area contributed by atoms with Crippen LogP contribution in [0.2, 0.25) is 10.0 Å². The van der Waals surface area contributed by atoms with Gasteiger partial charge in [0.15, 0.2) is 0 Å². The maximum atomic E-state index is 13.7. The normalized spacial score (nSPS) is 12.4. The molecule has 2 aromatic rings. The highest BCUT2D eigenvalue weighted by molar-refractivity contribution is 6.42. The zero-order chi connectivity index (χ0) is 14.7. The average molecular weight is 316 g/mol. The number of rotatable bonds is 4. The summed E-state index contributed by atoms with van der Waals surface area (Å²) in [5.41, 5.74) is 0.743. The minimum atomic E-state index is -0.566. The van der Waals surface area contributed by atoms with Crippen LogP contribution >= 0.6 is 23.2 Å². The molecule has 2 rings (SSSR count). The summed E-state index contributed by atoms with van der Waals surface area (Å²) in [7, 11) is 1.71. The Bertz CT molecular complexity index is 597. The molecule has 1 nitrogen and oxygen atoms in total. The molecule has 0 aliphatic rings. The Morgan fingerprint density at radius 1 is 1.05 bits per heavy atom. The molecule has 0 bridgehead atoms. The first-order valence-electron chi connectivity index (χ1n) is 6.08. The van der Waals surface area contributed by atoms with Crippen molar-refractivity contribution in [3.05, 3.63) is 69.2 Å². The van der Waals surface area contributed by atoms with Gasteiger partial charge < -0.3 is 5.32 Å². The van der Waals surface area contributed by atoms with E-state index in [0.717, 1.165) is 0 Å². The Morgan fingerprint density at radius 2 is 1.65 bits per heavy atom. The smallest absolute Gasteiger partial charge is 0.129 e. The highest BCUT2D eigenvalue weighted by Gasteiger charge is 2.19. The average Bonchev–Trinajstić information content (AvgIpc) is 2.42. The van der Waals surface area contributed by atoms with Crippen LogP contribution in [0.25, 0.3) is 0 Å². The van der Waals surface area contributed by atoms with E-state index in [2.05, 4.69) is 5.32 Å². The van der Waals surface area contributed by atoms with Crippen molar-refractivity contribution in [2.24, 2.45) is 0 Å². The highest BCUT2D eigenvalue weighted by Crippen LogP contribution is 2.32. The van der Waals surface area contributed by atoms with Crippen molar-refractivity contribution in [2.75, 3.05) is 7.05 Å². The SMILES string of the molecule is CNC(Cc1c(F)cccc1F)c1cccc(Cl)c1Cl. The van der Waals surface area contributed by atoms with Crippen molar-refractivity contribution in [3.63, 3.8) is 0 Å². The van der Waals surface area contributed by atoms with E-state index in [-0.39, 0.29) is 18.0 Å². The maximum absolute atomic E-state index is 13.7. The molecule has 20 heavy (non-hydrogen) atoms. The van der Waals surface area contributed by atoms with Crippen molar-refractivity contribution in [3.8, 4) is 0 Å². The summed E-state index contributed by atoms with van der Waals surface area (Å²) in [4.78, 5) is 0. The highest BCUT2D eigenvalue weighted by atomic mass is 35.5. The quantitative estimate of drug-likeness (QED) is 0.856. The summed E-state index contributed by atoms with van der Waals surface area (Å²) < 4.78 is 27.4. The van der Waals surface area contributed by atoms with Gasteiger partial charge in [-0.3, -0.25) is 0 Å². The summed E-state index contributed by atoms with van der Waals surface area (Å²) in [6, 6.07) is 8.71. The van der Waals surface area contributed by atoms with Crippen molar-refractivity contribution in [2.45, 2.75) is 12.5 Å². The fourth-order valence-corrected chi connectivity index (χ4v) is 2.53. The molecule has 0 heterocycles. The van der Waals surface area contributed by atoms with Crippen LogP contribution in [-0.4, -0.2) is 7.05 Å². The number of nitrogens with one attached hydrogen (secondary N) is 1. The van der Waals surface area contributed by atoms with Crippen molar-refractivity contribution < 1.29 is 8.78 Å². The summed E-state index contributed by atoms with van der Waals surface area (Å²) in [5.74, 6) is -1.13. The molecule has 2 aromatic carbocycles. The van der Waals surface area contributed by atoms with E-state index in [0.29, 0.717) is 15.6 Å². The van der Waals surface area contributed by atoms with Crippen LogP contribution in [0.5, 0.6) is 0 Å². The largest absolute Gasteiger partial charge is 0.313 e. The Labute approximate surface area is 126 Å². The Hall–Kier alpha value is -1.16. The lowest BCUT2D eigenvalue weighted by Crippen LogP contribution is -2.20. The second-order valence-electron chi connectivity index (χ2n) is 4.39. The third-order valence-corrected chi connectivity index (χ3v) is 4.01. The molecule has 0 radical (unpaired) electrons. The standard InChI is InChI=1S/C15H13Cl2F2N/c1-20-14(9-4-2-5-11(16)15(9)17)8-10-12(18)6-3-7-13(10)19/h2-7,14,20H,8H2,1H3. The monoisotopic (exact) mass is 315 g/mol. The number of benzene rings is 2. The van der Waals surface area contributed by atoms with E-state index < -0.39 is 11.6 Å². The molecule has 5 heteroatoms. The molecule has 0 aliphatic carbocycles. The number of halogens is 4. The molecule has 0 spiro atoms. The summed E-state index contributed by atoms with van der Waals surface area (Å²) in [6.45, 7) is 0. The van der Waals surface area contributed by atoms with Gasteiger partial charge in [0.2, 0.25) is 0 Å². The van der Waals surface area contributed by atoms with Gasteiger partial charge in [0.1, 0.15) is 11.6 Å². The van der Waals surface area contributed by atoms with E-state index in [9.17, 15) is 8.78 Å². The summed E-state index contributed by atoms with van der Waals surface area (Å²) in [5, 5.41) is 3.82. The van der Waals surface area contributed by atoms with Gasteiger partial charge >= 0.3 is 0 Å². The zero-order valence-electron chi connectivity index (χ0n) is 10.8. The summed E-state index contributed by atoms with van der Waals surface area (Å²) >= 11 is 12.1. The number of hydrogen-bond acceptors (Lipinski definition) is 1. The van der Waals surface area contributed by atoms with Gasteiger partial charge in [-0.2, -0.15) is 0 Å². The van der Waals surface area contributed by atoms with E-state index in [1.165, 1.54) is 18.2 Å². The third-order valence-electron chi connectivity index (χ3n) is 3.18. The van der Waals surface area contributed by atoms with E-state index in [1.54, 1.807) is 25.2 Å². The third kappa shape index (κ3) is 3.11. The molecule has 1 unspecified atom stereocenters. The van der Waals surface area contributed by atoms with Gasteiger partial charge in [0, 0.05) is 11.6 Å². The van der Waals surface area contributed by atoms with Gasteiger partial charge in [-0.05, 0) is 37.2 Å². The van der Waals surface area contributed by atoms with Crippen LogP contribution in [0.4, 0.5) is 8.78 Å². The van der Waals surface area contributed by atoms with E-state index >= 15 is 0 Å². The van der Waals surface area contributed by atoms with Crippen molar-refractivity contribution >= 4 is 23.2 Å². The summed E-state index contributed by atoms with van der Waals surface area (Å²) in [6.07, 6.45) is 0.148. The van der Waals surface area contributed by atoms with Gasteiger partial charge in [-0.1, -0.05) is 41.4 Å². The molecule has 0 aliphatic heterocycles. The molecule has 0 aromatic heterocycles. The van der Waals surface area contributed by atoms with Crippen molar-refractivity contribution in [1.29, 1.82) is 0 Å². The number of likely N-dealkylation sites (N-methyl/N-ethyl adjacent to an activating group) is 1. The van der Waals surface area contributed by atoms with Gasteiger partial charge in [0.25, 0.3) is 0 Å². The lowest BCUT2D eigenvalue weighted by atomic mass is 9.98. The lowest BCUT2D eigenvalue weighted by Gasteiger charge is -2.19. The molecule has 0 amide bonds. The van der Waals surface area contributed by atoms with Crippen LogP contribution in [0.1, 0.15) is 17.2 Å². The Morgan fingerprint density at radius 3 is 2.25 bits per heavy atom. The first kappa shape index (κ1) is 15.2. The van der Waals surface area contributed by atoms with Gasteiger partial charge in [-0.15, -0.1) is 0 Å². The molecular formula is C15H13Cl2F2N. The van der Waals surface area contributed by atoms with Crippen LogP contribution in [0.3, 0.4) is 0 Å². The van der Waals surface area contributed by atoms with Crippen LogP contribution in [-0.2, 0) is 6.42 Å². The minimum absolute atomic E-state index is 0.0305. The first-order valence-corrected chi connectivity index (χ1v) is 6.84. The Kier molecular flexibility index (Phi) is 4.97. The molecule has 1 N–H and O–H groups in total. The van der Waals surface area contributed by atoms with Crippen LogP contribution in [0, 0.1) is 11.6 Å². The topological polar surface area (TPSA) is 12.0 Å². The second-order valence-corrected chi connectivity index (χ2v) is 5.17. The fraction of sp³-hybridized carbons (Fsp3) is 0.200. The van der Waals surface area contributed by atoms with Crippen LogP contribution < -0.4 is 5.32 Å². The van der Waals surface area contributed by atoms with Gasteiger partial charge in [0.05, 0.1) is 10.0 Å². The molecule has 1 atom stereocenters. The van der Waals surface area contributed by atoms with E-state index in [1.807, 2.05) is 0 Å². The molecule has 106 valence electrons. The van der Waals surface area contributed by atoms with Crippen molar-refractivity contribution in [1.82, 2.24) is 5.32 Å². The first-order chi connectivity index (χ1) is 9.54. The molecule has 0 saturated carbocycles. The fourth-order valence-electron chi connectivity index (χ4n) is 2.09.